The SMILES string of the molecule is CC(C)[C@H]1CC[C@@H](OC[C@H]2C(N)CCCN2C(=O)OCc2ccccc2)CC1. The maximum Gasteiger partial charge on any atom is 0.410 e. The summed E-state index contributed by atoms with van der Waals surface area (Å²) in [5.41, 5.74) is 7.35. The van der Waals surface area contributed by atoms with Gasteiger partial charge in [-0.1, -0.05) is 44.2 Å². The van der Waals surface area contributed by atoms with Crippen molar-refractivity contribution in [1.82, 2.24) is 4.90 Å². The van der Waals surface area contributed by atoms with Gasteiger partial charge in [-0.25, -0.2) is 4.79 Å². The second-order valence-electron chi connectivity index (χ2n) is 8.72. The van der Waals surface area contributed by atoms with E-state index >= 15 is 0 Å². The summed E-state index contributed by atoms with van der Waals surface area (Å²) in [4.78, 5) is 14.5. The van der Waals surface area contributed by atoms with Crippen LogP contribution in [0.1, 0.15) is 57.9 Å². The molecule has 2 aliphatic rings. The lowest BCUT2D eigenvalue weighted by Crippen LogP contribution is -2.56. The molecule has 1 heterocycles. The van der Waals surface area contributed by atoms with Crippen molar-refractivity contribution in [1.29, 1.82) is 0 Å². The first kappa shape index (κ1) is 21.1. The summed E-state index contributed by atoms with van der Waals surface area (Å²) in [6.07, 6.45) is 6.56. The van der Waals surface area contributed by atoms with Crippen LogP contribution in [0.3, 0.4) is 0 Å². The first-order valence-electron chi connectivity index (χ1n) is 10.9. The molecule has 0 spiro atoms. The summed E-state index contributed by atoms with van der Waals surface area (Å²) in [6, 6.07) is 9.63. The summed E-state index contributed by atoms with van der Waals surface area (Å²) >= 11 is 0. The zero-order chi connectivity index (χ0) is 19.9. The molecule has 0 radical (unpaired) electrons. The normalized spacial score (nSPS) is 28.4. The molecule has 156 valence electrons. The number of piperidine rings is 1. The molecule has 1 aliphatic heterocycles. The number of amides is 1. The Morgan fingerprint density at radius 2 is 1.86 bits per heavy atom. The van der Waals surface area contributed by atoms with Gasteiger partial charge in [0.2, 0.25) is 0 Å². The van der Waals surface area contributed by atoms with E-state index in [4.69, 9.17) is 15.2 Å². The van der Waals surface area contributed by atoms with Crippen LogP contribution in [0.5, 0.6) is 0 Å². The average Bonchev–Trinajstić information content (AvgIpc) is 2.72. The maximum absolute atomic E-state index is 12.7. The Bertz CT molecular complexity index is 599. The number of carbonyl (C=O) groups is 1. The number of nitrogens with two attached hydrogens (primary N) is 1. The minimum atomic E-state index is -0.281. The lowest BCUT2D eigenvalue weighted by atomic mass is 9.80. The molecule has 1 aliphatic carbocycles. The molecule has 0 aromatic heterocycles. The Kier molecular flexibility index (Phi) is 7.74. The monoisotopic (exact) mass is 388 g/mol. The Labute approximate surface area is 169 Å². The number of nitrogens with zero attached hydrogens (tertiary/aromatic N) is 1. The van der Waals surface area contributed by atoms with Crippen LogP contribution in [0.15, 0.2) is 30.3 Å². The molecule has 28 heavy (non-hydrogen) atoms. The topological polar surface area (TPSA) is 64.8 Å². The van der Waals surface area contributed by atoms with E-state index in [-0.39, 0.29) is 24.8 Å². The van der Waals surface area contributed by atoms with Crippen molar-refractivity contribution < 1.29 is 14.3 Å². The fourth-order valence-electron chi connectivity index (χ4n) is 4.49. The molecule has 2 fully saturated rings. The van der Waals surface area contributed by atoms with Crippen molar-refractivity contribution in [3.8, 4) is 0 Å². The summed E-state index contributed by atoms with van der Waals surface area (Å²) in [5.74, 6) is 1.57. The van der Waals surface area contributed by atoms with Gasteiger partial charge in [-0.2, -0.15) is 0 Å². The molecule has 5 nitrogen and oxygen atoms in total. The third kappa shape index (κ3) is 5.71. The maximum atomic E-state index is 12.7. The van der Waals surface area contributed by atoms with E-state index in [9.17, 15) is 4.79 Å². The lowest BCUT2D eigenvalue weighted by molar-refractivity contribution is -0.0312. The quantitative estimate of drug-likeness (QED) is 0.787. The fourth-order valence-corrected chi connectivity index (χ4v) is 4.49. The van der Waals surface area contributed by atoms with Gasteiger partial charge in [-0.15, -0.1) is 0 Å². The minimum Gasteiger partial charge on any atom is -0.445 e. The van der Waals surface area contributed by atoms with Crippen LogP contribution < -0.4 is 5.73 Å². The molecule has 1 unspecified atom stereocenters. The number of hydrogen-bond acceptors (Lipinski definition) is 4. The van der Waals surface area contributed by atoms with E-state index in [1.807, 2.05) is 30.3 Å². The van der Waals surface area contributed by atoms with E-state index < -0.39 is 0 Å². The van der Waals surface area contributed by atoms with Crippen molar-refractivity contribution >= 4 is 6.09 Å². The van der Waals surface area contributed by atoms with Crippen molar-refractivity contribution in [3.05, 3.63) is 35.9 Å². The minimum absolute atomic E-state index is 0.0509. The van der Waals surface area contributed by atoms with Crippen molar-refractivity contribution in [3.63, 3.8) is 0 Å². The number of carbonyl (C=O) groups excluding carboxylic acids is 1. The van der Waals surface area contributed by atoms with Gasteiger partial charge in [0.1, 0.15) is 6.61 Å². The summed E-state index contributed by atoms with van der Waals surface area (Å²) < 4.78 is 11.8. The Morgan fingerprint density at radius 3 is 2.54 bits per heavy atom. The van der Waals surface area contributed by atoms with Gasteiger partial charge >= 0.3 is 6.09 Å². The smallest absolute Gasteiger partial charge is 0.410 e. The predicted molar refractivity (Wildman–Crippen MR) is 111 cm³/mol. The first-order chi connectivity index (χ1) is 13.5. The molecular formula is C23H36N2O3. The fraction of sp³-hybridized carbons (Fsp3) is 0.696. The number of likely N-dealkylation sites (tertiary alicyclic amines) is 1. The van der Waals surface area contributed by atoms with Gasteiger partial charge in [0.25, 0.3) is 0 Å². The van der Waals surface area contributed by atoms with Gasteiger partial charge in [0.15, 0.2) is 0 Å². The van der Waals surface area contributed by atoms with E-state index in [1.54, 1.807) is 4.90 Å². The second-order valence-corrected chi connectivity index (χ2v) is 8.72. The number of rotatable bonds is 6. The molecule has 1 aromatic carbocycles. The van der Waals surface area contributed by atoms with E-state index in [1.165, 1.54) is 12.8 Å². The number of benzene rings is 1. The largest absolute Gasteiger partial charge is 0.445 e. The summed E-state index contributed by atoms with van der Waals surface area (Å²) in [5, 5.41) is 0. The highest BCUT2D eigenvalue weighted by molar-refractivity contribution is 5.68. The molecular weight excluding hydrogens is 352 g/mol. The van der Waals surface area contributed by atoms with Gasteiger partial charge in [0.05, 0.1) is 18.8 Å². The summed E-state index contributed by atoms with van der Waals surface area (Å²) in [6.45, 7) is 6.12. The van der Waals surface area contributed by atoms with Gasteiger partial charge < -0.3 is 20.1 Å². The third-order valence-corrected chi connectivity index (χ3v) is 6.44. The van der Waals surface area contributed by atoms with Crippen molar-refractivity contribution in [2.75, 3.05) is 13.2 Å². The highest BCUT2D eigenvalue weighted by Gasteiger charge is 2.34. The average molecular weight is 389 g/mol. The zero-order valence-corrected chi connectivity index (χ0v) is 17.4. The molecule has 1 saturated heterocycles. The molecule has 0 bridgehead atoms. The van der Waals surface area contributed by atoms with Crippen molar-refractivity contribution in [2.45, 2.75) is 77.2 Å². The van der Waals surface area contributed by atoms with Crippen LogP contribution in [0, 0.1) is 11.8 Å². The van der Waals surface area contributed by atoms with E-state index in [2.05, 4.69) is 13.8 Å². The van der Waals surface area contributed by atoms with E-state index in [0.29, 0.717) is 19.3 Å². The number of hydrogen-bond donors (Lipinski definition) is 1. The Morgan fingerprint density at radius 1 is 1.14 bits per heavy atom. The summed E-state index contributed by atoms with van der Waals surface area (Å²) in [7, 11) is 0. The highest BCUT2D eigenvalue weighted by Crippen LogP contribution is 2.31. The molecule has 3 rings (SSSR count). The predicted octanol–water partition coefficient (Wildman–Crippen LogP) is 4.35. The molecule has 1 saturated carbocycles. The lowest BCUT2D eigenvalue weighted by Gasteiger charge is -2.40. The molecule has 2 N–H and O–H groups in total. The highest BCUT2D eigenvalue weighted by atomic mass is 16.6. The van der Waals surface area contributed by atoms with Crippen LogP contribution in [0.2, 0.25) is 0 Å². The van der Waals surface area contributed by atoms with Gasteiger partial charge in [-0.05, 0) is 55.9 Å². The Hall–Kier alpha value is -1.59. The Balaban J connectivity index is 1.50. The molecule has 1 aromatic rings. The molecule has 1 amide bonds. The van der Waals surface area contributed by atoms with Gasteiger partial charge in [0, 0.05) is 12.6 Å². The standard InChI is InChI=1S/C23H36N2O3/c1-17(2)19-10-12-20(13-11-19)27-16-22-21(24)9-6-14-25(22)23(26)28-15-18-7-4-3-5-8-18/h3-5,7-8,17,19-22H,6,9-16,24H2,1-2H3/t19-,20+,21?,22-/m0/s1. The zero-order valence-electron chi connectivity index (χ0n) is 17.4. The van der Waals surface area contributed by atoms with Crippen LogP contribution in [0.4, 0.5) is 4.79 Å². The van der Waals surface area contributed by atoms with Gasteiger partial charge in [-0.3, -0.25) is 0 Å². The van der Waals surface area contributed by atoms with Crippen LogP contribution in [0.25, 0.3) is 0 Å². The van der Waals surface area contributed by atoms with Crippen LogP contribution in [-0.2, 0) is 16.1 Å². The van der Waals surface area contributed by atoms with E-state index in [0.717, 1.165) is 43.1 Å². The van der Waals surface area contributed by atoms with Crippen molar-refractivity contribution in [2.24, 2.45) is 17.6 Å². The van der Waals surface area contributed by atoms with Crippen LogP contribution in [-0.4, -0.2) is 42.3 Å². The molecule has 5 heteroatoms. The number of ether oxygens (including phenoxy) is 2. The molecule has 2 atom stereocenters. The third-order valence-electron chi connectivity index (χ3n) is 6.44. The van der Waals surface area contributed by atoms with Crippen LogP contribution >= 0.6 is 0 Å². The first-order valence-corrected chi connectivity index (χ1v) is 10.9. The second kappa shape index (κ2) is 10.3.